The van der Waals surface area contributed by atoms with Crippen LogP contribution in [0.1, 0.15) is 37.0 Å². The van der Waals surface area contributed by atoms with Crippen LogP contribution in [0.2, 0.25) is 0 Å². The zero-order chi connectivity index (χ0) is 11.5. The van der Waals surface area contributed by atoms with Gasteiger partial charge in [-0.2, -0.15) is 0 Å². The highest BCUT2D eigenvalue weighted by Gasteiger charge is 2.34. The number of aliphatic hydroxyl groups excluding tert-OH is 1. The molecule has 4 unspecified atom stereocenters. The molecule has 2 rings (SSSR count). The monoisotopic (exact) mass is 239 g/mol. The van der Waals surface area contributed by atoms with Crippen molar-refractivity contribution in [1.29, 1.82) is 0 Å². The number of rotatable bonds is 4. The van der Waals surface area contributed by atoms with Crippen LogP contribution < -0.4 is 5.73 Å². The predicted molar refractivity (Wildman–Crippen MR) is 68.6 cm³/mol. The van der Waals surface area contributed by atoms with E-state index < -0.39 is 0 Å². The van der Waals surface area contributed by atoms with E-state index in [9.17, 15) is 5.11 Å². The first kappa shape index (κ1) is 12.1. The molecule has 0 aliphatic heterocycles. The Morgan fingerprint density at radius 1 is 1.56 bits per heavy atom. The first-order valence-corrected chi connectivity index (χ1v) is 7.03. The molecule has 0 bridgehead atoms. The van der Waals surface area contributed by atoms with Gasteiger partial charge in [-0.25, -0.2) is 0 Å². The minimum Gasteiger partial charge on any atom is -0.392 e. The summed E-state index contributed by atoms with van der Waals surface area (Å²) in [5, 5.41) is 12.5. The van der Waals surface area contributed by atoms with Gasteiger partial charge in [-0.15, -0.1) is 11.3 Å². The van der Waals surface area contributed by atoms with Crippen molar-refractivity contribution in [3.63, 3.8) is 0 Å². The Hall–Kier alpha value is -0.380. The maximum atomic E-state index is 10.5. The van der Waals surface area contributed by atoms with Gasteiger partial charge in [-0.1, -0.05) is 25.8 Å². The summed E-state index contributed by atoms with van der Waals surface area (Å²) in [6, 6.07) is 4.12. The molecule has 4 atom stereocenters. The van der Waals surface area contributed by atoms with Gasteiger partial charge >= 0.3 is 0 Å². The Balaban J connectivity index is 2.09. The number of hydrogen-bond donors (Lipinski definition) is 2. The molecule has 1 heterocycles. The van der Waals surface area contributed by atoms with Crippen LogP contribution in [-0.2, 0) is 0 Å². The normalized spacial score (nSPS) is 29.2. The number of thiophene rings is 1. The van der Waals surface area contributed by atoms with Gasteiger partial charge < -0.3 is 10.8 Å². The van der Waals surface area contributed by atoms with Crippen LogP contribution in [0.25, 0.3) is 0 Å². The maximum Gasteiger partial charge on any atom is 0.0659 e. The van der Waals surface area contributed by atoms with Crippen molar-refractivity contribution >= 4 is 11.3 Å². The molecule has 0 spiro atoms. The Labute approximate surface area is 101 Å². The molecule has 3 N–H and O–H groups in total. The number of aliphatic hydroxyl groups is 1. The van der Waals surface area contributed by atoms with Crippen LogP contribution in [0.4, 0.5) is 0 Å². The fourth-order valence-corrected chi connectivity index (χ4v) is 3.79. The van der Waals surface area contributed by atoms with E-state index in [4.69, 9.17) is 5.73 Å². The van der Waals surface area contributed by atoms with Gasteiger partial charge in [0.05, 0.1) is 6.10 Å². The smallest absolute Gasteiger partial charge is 0.0659 e. The SMILES string of the molecule is CC1CCCC1C(O)C(CN)c1cccs1. The van der Waals surface area contributed by atoms with E-state index >= 15 is 0 Å². The third kappa shape index (κ3) is 2.31. The van der Waals surface area contributed by atoms with Gasteiger partial charge in [0.1, 0.15) is 0 Å². The van der Waals surface area contributed by atoms with Crippen molar-refractivity contribution in [2.75, 3.05) is 6.54 Å². The van der Waals surface area contributed by atoms with Crippen LogP contribution in [-0.4, -0.2) is 17.8 Å². The van der Waals surface area contributed by atoms with Crippen LogP contribution in [0.15, 0.2) is 17.5 Å². The van der Waals surface area contributed by atoms with Gasteiger partial charge in [0, 0.05) is 17.3 Å². The van der Waals surface area contributed by atoms with E-state index in [0.717, 1.165) is 6.42 Å². The quantitative estimate of drug-likeness (QED) is 0.848. The molecule has 1 saturated carbocycles. The fourth-order valence-electron chi connectivity index (χ4n) is 2.91. The summed E-state index contributed by atoms with van der Waals surface area (Å²) in [5.41, 5.74) is 5.82. The second-order valence-corrected chi connectivity index (χ2v) is 5.90. The topological polar surface area (TPSA) is 46.2 Å². The highest BCUT2D eigenvalue weighted by Crippen LogP contribution is 2.39. The molecular formula is C13H21NOS. The molecule has 2 nitrogen and oxygen atoms in total. The lowest BCUT2D eigenvalue weighted by Crippen LogP contribution is -2.33. The zero-order valence-electron chi connectivity index (χ0n) is 9.80. The highest BCUT2D eigenvalue weighted by molar-refractivity contribution is 7.10. The zero-order valence-corrected chi connectivity index (χ0v) is 10.6. The molecule has 1 aliphatic carbocycles. The van der Waals surface area contributed by atoms with Gasteiger partial charge in [-0.05, 0) is 29.7 Å². The number of hydrogen-bond acceptors (Lipinski definition) is 3. The molecule has 0 aromatic carbocycles. The second-order valence-electron chi connectivity index (χ2n) is 4.92. The third-order valence-corrected chi connectivity index (χ3v) is 4.95. The standard InChI is InChI=1S/C13H21NOS/c1-9-4-2-5-10(9)13(15)11(8-14)12-6-3-7-16-12/h3,6-7,9-11,13,15H,2,4-5,8,14H2,1H3. The van der Waals surface area contributed by atoms with Gasteiger partial charge in [0.25, 0.3) is 0 Å². The average molecular weight is 239 g/mol. The van der Waals surface area contributed by atoms with E-state index in [1.54, 1.807) is 11.3 Å². The summed E-state index contributed by atoms with van der Waals surface area (Å²) in [6.07, 6.45) is 3.40. The Bertz CT molecular complexity index is 312. The van der Waals surface area contributed by atoms with E-state index in [-0.39, 0.29) is 12.0 Å². The van der Waals surface area contributed by atoms with Crippen LogP contribution in [0.3, 0.4) is 0 Å². The summed E-state index contributed by atoms with van der Waals surface area (Å²) in [4.78, 5) is 1.23. The van der Waals surface area contributed by atoms with E-state index in [1.807, 2.05) is 6.07 Å². The lowest BCUT2D eigenvalue weighted by Gasteiger charge is -2.28. The minimum atomic E-state index is -0.263. The third-order valence-electron chi connectivity index (χ3n) is 3.94. The Morgan fingerprint density at radius 3 is 2.88 bits per heavy atom. The fraction of sp³-hybridized carbons (Fsp3) is 0.692. The summed E-state index contributed by atoms with van der Waals surface area (Å²) in [7, 11) is 0. The first-order chi connectivity index (χ1) is 7.74. The molecule has 0 radical (unpaired) electrons. The van der Waals surface area contributed by atoms with Crippen molar-refractivity contribution in [3.05, 3.63) is 22.4 Å². The van der Waals surface area contributed by atoms with E-state index in [2.05, 4.69) is 18.4 Å². The lowest BCUT2D eigenvalue weighted by molar-refractivity contribution is 0.0674. The Morgan fingerprint density at radius 2 is 2.38 bits per heavy atom. The molecule has 0 saturated heterocycles. The summed E-state index contributed by atoms with van der Waals surface area (Å²) >= 11 is 1.70. The van der Waals surface area contributed by atoms with Crippen molar-refractivity contribution in [2.24, 2.45) is 17.6 Å². The molecular weight excluding hydrogens is 218 g/mol. The average Bonchev–Trinajstić information content (AvgIpc) is 2.90. The van der Waals surface area contributed by atoms with Crippen LogP contribution in [0, 0.1) is 11.8 Å². The molecule has 1 aromatic rings. The molecule has 1 aliphatic rings. The predicted octanol–water partition coefficient (Wildman–Crippen LogP) is 2.59. The minimum absolute atomic E-state index is 0.130. The Kier molecular flexibility index (Phi) is 4.00. The summed E-state index contributed by atoms with van der Waals surface area (Å²) in [6.45, 7) is 2.80. The molecule has 16 heavy (non-hydrogen) atoms. The molecule has 1 fully saturated rings. The molecule has 90 valence electrons. The van der Waals surface area contributed by atoms with Crippen LogP contribution in [0.5, 0.6) is 0 Å². The molecule has 0 amide bonds. The highest BCUT2D eigenvalue weighted by atomic mass is 32.1. The van der Waals surface area contributed by atoms with Gasteiger partial charge in [-0.3, -0.25) is 0 Å². The van der Waals surface area contributed by atoms with E-state index in [0.29, 0.717) is 18.4 Å². The second kappa shape index (κ2) is 5.30. The van der Waals surface area contributed by atoms with Crippen LogP contribution >= 0.6 is 11.3 Å². The first-order valence-electron chi connectivity index (χ1n) is 6.15. The van der Waals surface area contributed by atoms with Crippen molar-refractivity contribution in [1.82, 2.24) is 0 Å². The van der Waals surface area contributed by atoms with Crippen molar-refractivity contribution in [2.45, 2.75) is 38.2 Å². The van der Waals surface area contributed by atoms with E-state index in [1.165, 1.54) is 17.7 Å². The van der Waals surface area contributed by atoms with Gasteiger partial charge in [0.2, 0.25) is 0 Å². The summed E-state index contributed by atoms with van der Waals surface area (Å²) in [5.74, 6) is 1.21. The van der Waals surface area contributed by atoms with Crippen molar-refractivity contribution in [3.8, 4) is 0 Å². The van der Waals surface area contributed by atoms with Crippen molar-refractivity contribution < 1.29 is 5.11 Å². The number of nitrogens with two attached hydrogens (primary N) is 1. The summed E-state index contributed by atoms with van der Waals surface area (Å²) < 4.78 is 0. The lowest BCUT2D eigenvalue weighted by atomic mass is 9.84. The molecule has 1 aromatic heterocycles. The largest absolute Gasteiger partial charge is 0.392 e. The molecule has 3 heteroatoms. The van der Waals surface area contributed by atoms with Gasteiger partial charge in [0.15, 0.2) is 0 Å². The maximum absolute atomic E-state index is 10.5.